The van der Waals surface area contributed by atoms with Gasteiger partial charge in [0.2, 0.25) is 10.0 Å². The second-order valence-electron chi connectivity index (χ2n) is 4.58. The normalized spacial score (nSPS) is 16.9. The fraction of sp³-hybridized carbons (Fsp3) is 0.500. The van der Waals surface area contributed by atoms with E-state index in [1.807, 2.05) is 0 Å². The molecule has 0 spiro atoms. The van der Waals surface area contributed by atoms with Crippen molar-refractivity contribution in [3.05, 3.63) is 18.2 Å². The molecule has 4 N–H and O–H groups in total. The summed E-state index contributed by atoms with van der Waals surface area (Å²) in [4.78, 5) is 0.194. The Morgan fingerprint density at radius 2 is 1.94 bits per heavy atom. The summed E-state index contributed by atoms with van der Waals surface area (Å²) in [6, 6.07) is 5.25. The van der Waals surface area contributed by atoms with Gasteiger partial charge >= 0.3 is 0 Å². The zero-order valence-electron chi connectivity index (χ0n) is 10.4. The third kappa shape index (κ3) is 2.76. The average Bonchev–Trinajstić information content (AvgIpc) is 2.84. The van der Waals surface area contributed by atoms with Crippen molar-refractivity contribution in [1.82, 2.24) is 4.72 Å². The maximum absolute atomic E-state index is 11.6. The molecule has 1 aliphatic rings. The molecule has 1 aromatic carbocycles. The first kappa shape index (κ1) is 13.2. The highest BCUT2D eigenvalue weighted by atomic mass is 32.2. The number of hydrogen-bond acceptors (Lipinski definition) is 4. The summed E-state index contributed by atoms with van der Waals surface area (Å²) in [7, 11) is -2.04. The number of anilines is 2. The lowest BCUT2D eigenvalue weighted by molar-refractivity contribution is 0.588. The van der Waals surface area contributed by atoms with Gasteiger partial charge in [0.05, 0.1) is 16.3 Å². The van der Waals surface area contributed by atoms with Crippen LogP contribution >= 0.6 is 0 Å². The first-order valence-corrected chi connectivity index (χ1v) is 7.61. The third-order valence-corrected chi connectivity index (χ3v) is 4.73. The van der Waals surface area contributed by atoms with Gasteiger partial charge in [-0.05, 0) is 38.1 Å². The van der Waals surface area contributed by atoms with Gasteiger partial charge in [0.15, 0.2) is 0 Å². The van der Waals surface area contributed by atoms with Crippen LogP contribution in [-0.2, 0) is 10.0 Å². The summed E-state index contributed by atoms with van der Waals surface area (Å²) in [5, 5.41) is 3.37. The number of hydrogen-bond donors (Lipinski definition) is 3. The van der Waals surface area contributed by atoms with Crippen molar-refractivity contribution in [1.29, 1.82) is 0 Å². The minimum Gasteiger partial charge on any atom is -0.397 e. The summed E-state index contributed by atoms with van der Waals surface area (Å²) in [5.74, 6) is 0. The zero-order chi connectivity index (χ0) is 13.2. The Morgan fingerprint density at radius 3 is 2.50 bits per heavy atom. The number of nitrogens with two attached hydrogens (primary N) is 1. The van der Waals surface area contributed by atoms with Crippen molar-refractivity contribution in [3.63, 3.8) is 0 Å². The van der Waals surface area contributed by atoms with Crippen LogP contribution < -0.4 is 15.8 Å². The lowest BCUT2D eigenvalue weighted by Crippen LogP contribution is -2.19. The van der Waals surface area contributed by atoms with Gasteiger partial charge in [0.1, 0.15) is 0 Å². The Bertz CT molecular complexity index is 522. The molecule has 0 unspecified atom stereocenters. The molecule has 1 saturated carbocycles. The second-order valence-corrected chi connectivity index (χ2v) is 6.47. The van der Waals surface area contributed by atoms with E-state index in [0.717, 1.165) is 18.5 Å². The molecule has 2 rings (SSSR count). The second kappa shape index (κ2) is 5.16. The number of sulfonamides is 1. The lowest BCUT2D eigenvalue weighted by Gasteiger charge is -2.16. The van der Waals surface area contributed by atoms with Crippen molar-refractivity contribution < 1.29 is 8.42 Å². The number of rotatable bonds is 4. The molecular weight excluding hydrogens is 250 g/mol. The molecule has 0 aliphatic heterocycles. The van der Waals surface area contributed by atoms with Gasteiger partial charge in [-0.25, -0.2) is 13.1 Å². The molecule has 0 bridgehead atoms. The highest BCUT2D eigenvalue weighted by Crippen LogP contribution is 2.27. The predicted molar refractivity (Wildman–Crippen MR) is 73.0 cm³/mol. The summed E-state index contributed by atoms with van der Waals surface area (Å²) in [6.45, 7) is 0. The molecule has 6 heteroatoms. The van der Waals surface area contributed by atoms with E-state index < -0.39 is 10.0 Å². The molecule has 0 radical (unpaired) electrons. The van der Waals surface area contributed by atoms with Crippen LogP contribution in [0.25, 0.3) is 0 Å². The standard InChI is InChI=1S/C12H19N3O2S/c1-14-18(16,17)10-6-7-12(11(13)8-10)15-9-4-2-3-5-9/h6-9,14-15H,2-5,13H2,1H3. The third-order valence-electron chi connectivity index (χ3n) is 3.32. The molecule has 0 heterocycles. The van der Waals surface area contributed by atoms with Gasteiger partial charge in [0, 0.05) is 6.04 Å². The molecule has 5 nitrogen and oxygen atoms in total. The molecule has 1 aromatic rings. The minimum absolute atomic E-state index is 0.194. The average molecular weight is 269 g/mol. The fourth-order valence-electron chi connectivity index (χ4n) is 2.25. The minimum atomic E-state index is -3.42. The van der Waals surface area contributed by atoms with Crippen LogP contribution in [0.5, 0.6) is 0 Å². The largest absolute Gasteiger partial charge is 0.397 e. The van der Waals surface area contributed by atoms with Crippen LogP contribution in [-0.4, -0.2) is 21.5 Å². The van der Waals surface area contributed by atoms with Crippen LogP contribution in [0.4, 0.5) is 11.4 Å². The van der Waals surface area contributed by atoms with Crippen molar-refractivity contribution in [2.75, 3.05) is 18.1 Å². The Kier molecular flexibility index (Phi) is 3.77. The van der Waals surface area contributed by atoms with E-state index in [-0.39, 0.29) is 4.90 Å². The van der Waals surface area contributed by atoms with E-state index in [4.69, 9.17) is 5.73 Å². The molecule has 0 atom stereocenters. The summed E-state index contributed by atoms with van der Waals surface area (Å²) in [6.07, 6.45) is 4.78. The van der Waals surface area contributed by atoms with Crippen LogP contribution in [0.15, 0.2) is 23.1 Å². The van der Waals surface area contributed by atoms with E-state index in [9.17, 15) is 8.42 Å². The predicted octanol–water partition coefficient (Wildman–Crippen LogP) is 1.53. The first-order chi connectivity index (χ1) is 8.53. The number of nitrogen functional groups attached to an aromatic ring is 1. The zero-order valence-corrected chi connectivity index (χ0v) is 11.3. The quantitative estimate of drug-likeness (QED) is 0.724. The summed E-state index contributed by atoms with van der Waals surface area (Å²) >= 11 is 0. The Labute approximate surface area is 108 Å². The molecule has 18 heavy (non-hydrogen) atoms. The monoisotopic (exact) mass is 269 g/mol. The van der Waals surface area contributed by atoms with Gasteiger partial charge in [-0.1, -0.05) is 12.8 Å². The fourth-order valence-corrected chi connectivity index (χ4v) is 3.01. The Hall–Kier alpha value is -1.27. The SMILES string of the molecule is CNS(=O)(=O)c1ccc(NC2CCCC2)c(N)c1. The van der Waals surface area contributed by atoms with Crippen molar-refractivity contribution in [2.24, 2.45) is 0 Å². The molecule has 1 fully saturated rings. The topological polar surface area (TPSA) is 84.2 Å². The molecule has 0 amide bonds. The van der Waals surface area contributed by atoms with Gasteiger partial charge in [-0.2, -0.15) is 0 Å². The van der Waals surface area contributed by atoms with E-state index in [1.54, 1.807) is 12.1 Å². The van der Waals surface area contributed by atoms with Crippen LogP contribution in [0.3, 0.4) is 0 Å². The summed E-state index contributed by atoms with van der Waals surface area (Å²) in [5.41, 5.74) is 7.18. The van der Waals surface area contributed by atoms with E-state index >= 15 is 0 Å². The van der Waals surface area contributed by atoms with Crippen LogP contribution in [0.1, 0.15) is 25.7 Å². The van der Waals surface area contributed by atoms with Crippen molar-refractivity contribution >= 4 is 21.4 Å². The lowest BCUT2D eigenvalue weighted by atomic mass is 10.2. The maximum Gasteiger partial charge on any atom is 0.240 e. The first-order valence-electron chi connectivity index (χ1n) is 6.12. The number of benzene rings is 1. The maximum atomic E-state index is 11.6. The summed E-state index contributed by atoms with van der Waals surface area (Å²) < 4.78 is 25.5. The molecular formula is C12H19N3O2S. The Morgan fingerprint density at radius 1 is 1.28 bits per heavy atom. The van der Waals surface area contributed by atoms with Crippen molar-refractivity contribution in [2.45, 2.75) is 36.6 Å². The van der Waals surface area contributed by atoms with Crippen LogP contribution in [0.2, 0.25) is 0 Å². The van der Waals surface area contributed by atoms with Crippen LogP contribution in [0, 0.1) is 0 Å². The molecule has 0 saturated heterocycles. The van der Waals surface area contributed by atoms with Crippen molar-refractivity contribution in [3.8, 4) is 0 Å². The highest BCUT2D eigenvalue weighted by molar-refractivity contribution is 7.89. The van der Waals surface area contributed by atoms with Gasteiger partial charge in [-0.15, -0.1) is 0 Å². The number of nitrogens with one attached hydrogen (secondary N) is 2. The van der Waals surface area contributed by atoms with E-state index in [2.05, 4.69) is 10.0 Å². The highest BCUT2D eigenvalue weighted by Gasteiger charge is 2.17. The van der Waals surface area contributed by atoms with E-state index in [1.165, 1.54) is 26.0 Å². The molecule has 1 aliphatic carbocycles. The molecule has 0 aromatic heterocycles. The smallest absolute Gasteiger partial charge is 0.240 e. The van der Waals surface area contributed by atoms with Gasteiger partial charge in [0.25, 0.3) is 0 Å². The Balaban J connectivity index is 2.19. The molecule has 100 valence electrons. The van der Waals surface area contributed by atoms with E-state index in [0.29, 0.717) is 11.7 Å². The van der Waals surface area contributed by atoms with Gasteiger partial charge in [-0.3, -0.25) is 0 Å². The van der Waals surface area contributed by atoms with Gasteiger partial charge < -0.3 is 11.1 Å².